The molecule has 0 heterocycles. The molecule has 2 amide bonds. The molecule has 2 aromatic rings. The summed E-state index contributed by atoms with van der Waals surface area (Å²) < 4.78 is 18.0. The molecule has 0 saturated heterocycles. The molecule has 0 radical (unpaired) electrons. The van der Waals surface area contributed by atoms with E-state index in [4.69, 9.17) is 24.5 Å². The number of halogens is 1. The van der Waals surface area contributed by atoms with Gasteiger partial charge in [0.1, 0.15) is 12.4 Å². The van der Waals surface area contributed by atoms with Gasteiger partial charge in [-0.25, -0.2) is 10.3 Å². The first kappa shape index (κ1) is 27.3. The Labute approximate surface area is 206 Å². The number of hydrogen-bond donors (Lipinski definition) is 4. The molecule has 2 atom stereocenters. The molecular formula is C24H29BrN2O7. The molecule has 2 aromatic carbocycles. The second-order valence-electron chi connectivity index (χ2n) is 7.05. The molecule has 0 aromatic heterocycles. The monoisotopic (exact) mass is 536 g/mol. The van der Waals surface area contributed by atoms with Crippen molar-refractivity contribution in [3.05, 3.63) is 70.7 Å². The Morgan fingerprint density at radius 2 is 1.82 bits per heavy atom. The molecule has 2 rings (SSSR count). The third-order valence-corrected chi connectivity index (χ3v) is 5.14. The second-order valence-corrected chi connectivity index (χ2v) is 7.96. The number of anilines is 1. The number of amides is 2. The Bertz CT molecular complexity index is 920. The fourth-order valence-corrected chi connectivity index (χ4v) is 3.36. The Hall–Kier alpha value is -2.92. The van der Waals surface area contributed by atoms with Crippen molar-refractivity contribution in [1.82, 2.24) is 5.48 Å². The van der Waals surface area contributed by atoms with Crippen LogP contribution in [0.15, 0.2) is 65.2 Å². The van der Waals surface area contributed by atoms with Crippen molar-refractivity contribution < 1.29 is 34.1 Å². The number of hydrogen-bond acceptors (Lipinski definition) is 7. The summed E-state index contributed by atoms with van der Waals surface area (Å²) in [4.78, 5) is 23.9. The highest BCUT2D eigenvalue weighted by molar-refractivity contribution is 9.10. The number of carbonyl (C=O) groups excluding carboxylic acids is 2. The van der Waals surface area contributed by atoms with Crippen LogP contribution in [0.3, 0.4) is 0 Å². The van der Waals surface area contributed by atoms with E-state index in [0.717, 1.165) is 4.47 Å². The van der Waals surface area contributed by atoms with Gasteiger partial charge in [-0.15, -0.1) is 0 Å². The number of allylic oxidation sites excluding steroid dienone is 1. The molecule has 0 aliphatic rings. The zero-order chi connectivity index (χ0) is 24.8. The van der Waals surface area contributed by atoms with Gasteiger partial charge >= 0.3 is 6.09 Å². The first-order valence-corrected chi connectivity index (χ1v) is 11.5. The van der Waals surface area contributed by atoms with Gasteiger partial charge in [-0.05, 0) is 61.7 Å². The van der Waals surface area contributed by atoms with Gasteiger partial charge in [0.05, 0.1) is 12.7 Å². The maximum atomic E-state index is 12.7. The van der Waals surface area contributed by atoms with Crippen LogP contribution < -0.4 is 15.5 Å². The maximum absolute atomic E-state index is 12.7. The molecular weight excluding hydrogens is 508 g/mol. The van der Waals surface area contributed by atoms with Gasteiger partial charge in [0.2, 0.25) is 0 Å². The summed E-state index contributed by atoms with van der Waals surface area (Å²) in [6.07, 6.45) is 1.81. The first-order valence-electron chi connectivity index (χ1n) is 10.8. The van der Waals surface area contributed by atoms with Crippen molar-refractivity contribution in [3.63, 3.8) is 0 Å². The molecule has 0 aliphatic heterocycles. The van der Waals surface area contributed by atoms with Crippen LogP contribution >= 0.6 is 15.9 Å². The maximum Gasteiger partial charge on any atom is 0.412 e. The summed E-state index contributed by atoms with van der Waals surface area (Å²) in [5, 5.41) is 20.3. The van der Waals surface area contributed by atoms with E-state index in [1.165, 1.54) is 11.6 Å². The fourth-order valence-electron chi connectivity index (χ4n) is 3.10. The van der Waals surface area contributed by atoms with Gasteiger partial charge in [-0.1, -0.05) is 34.1 Å². The molecule has 0 fully saturated rings. The molecule has 0 saturated carbocycles. The molecule has 9 nitrogen and oxygen atoms in total. The molecule has 0 unspecified atom stereocenters. The molecule has 4 N–H and O–H groups in total. The van der Waals surface area contributed by atoms with Crippen LogP contribution in [0.25, 0.3) is 0 Å². The molecule has 0 bridgehead atoms. The van der Waals surface area contributed by atoms with Gasteiger partial charge in [-0.2, -0.15) is 0 Å². The van der Waals surface area contributed by atoms with E-state index < -0.39 is 24.2 Å². The quantitative estimate of drug-likeness (QED) is 0.170. The van der Waals surface area contributed by atoms with E-state index in [9.17, 15) is 9.59 Å². The number of nitrogens with one attached hydrogen (secondary N) is 2. The van der Waals surface area contributed by atoms with E-state index in [1.807, 2.05) is 6.92 Å². The van der Waals surface area contributed by atoms with Crippen LogP contribution in [-0.2, 0) is 14.3 Å². The van der Waals surface area contributed by atoms with Gasteiger partial charge in [-0.3, -0.25) is 15.3 Å². The average Bonchev–Trinajstić information content (AvgIpc) is 2.85. The molecule has 34 heavy (non-hydrogen) atoms. The molecule has 0 spiro atoms. The summed E-state index contributed by atoms with van der Waals surface area (Å²) in [5.74, 6) is -0.0603. The Morgan fingerprint density at radius 1 is 1.12 bits per heavy atom. The lowest BCUT2D eigenvalue weighted by molar-refractivity contribution is -0.124. The highest BCUT2D eigenvalue weighted by Crippen LogP contribution is 2.29. The molecule has 10 heteroatoms. The average molecular weight is 537 g/mol. The third-order valence-electron chi connectivity index (χ3n) is 4.61. The fraction of sp³-hybridized carbons (Fsp3) is 0.333. The standard InChI is InChI=1S/C24H29BrN2O7/c1-2-32-21(5-3-4-6-22(29)27-31)23(17-7-13-20(14-8-17)33-16-15-28)34-24(30)26-19-11-9-18(25)10-12-19/h4,6-14,21,23,28,31H,2-3,5,15-16H2,1H3,(H,26,30)(H,27,29)/b6-4+/t21-,23-/m1/s1. The van der Waals surface area contributed by atoms with Gasteiger partial charge < -0.3 is 19.3 Å². The van der Waals surface area contributed by atoms with E-state index in [2.05, 4.69) is 21.2 Å². The number of aliphatic hydroxyl groups is 1. The second kappa shape index (κ2) is 15.1. The Morgan fingerprint density at radius 3 is 2.44 bits per heavy atom. The number of benzene rings is 2. The minimum Gasteiger partial charge on any atom is -0.491 e. The molecule has 184 valence electrons. The lowest BCUT2D eigenvalue weighted by Crippen LogP contribution is -2.29. The summed E-state index contributed by atoms with van der Waals surface area (Å²) in [7, 11) is 0. The number of hydroxylamine groups is 1. The Kier molecular flexibility index (Phi) is 12.1. The third kappa shape index (κ3) is 9.52. The predicted octanol–water partition coefficient (Wildman–Crippen LogP) is 4.36. The van der Waals surface area contributed by atoms with Gasteiger partial charge in [0, 0.05) is 22.8 Å². The van der Waals surface area contributed by atoms with Crippen LogP contribution in [0.4, 0.5) is 10.5 Å². The van der Waals surface area contributed by atoms with Crippen LogP contribution in [0.2, 0.25) is 0 Å². The summed E-state index contributed by atoms with van der Waals surface area (Å²) >= 11 is 3.35. The highest BCUT2D eigenvalue weighted by Gasteiger charge is 2.27. The zero-order valence-corrected chi connectivity index (χ0v) is 20.4. The van der Waals surface area contributed by atoms with E-state index in [-0.39, 0.29) is 13.2 Å². The number of rotatable bonds is 13. The minimum absolute atomic E-state index is 0.0993. The summed E-state index contributed by atoms with van der Waals surface area (Å²) in [6.45, 7) is 2.30. The van der Waals surface area contributed by atoms with Crippen molar-refractivity contribution in [1.29, 1.82) is 0 Å². The van der Waals surface area contributed by atoms with Crippen LogP contribution in [0.1, 0.15) is 31.4 Å². The summed E-state index contributed by atoms with van der Waals surface area (Å²) in [5.41, 5.74) is 2.80. The number of aliphatic hydroxyl groups excluding tert-OH is 1. The normalized spacial score (nSPS) is 12.7. The number of ether oxygens (including phenoxy) is 3. The van der Waals surface area contributed by atoms with E-state index in [1.54, 1.807) is 54.6 Å². The minimum atomic E-state index is -0.748. The van der Waals surface area contributed by atoms with Crippen LogP contribution in [-0.4, -0.2) is 48.2 Å². The van der Waals surface area contributed by atoms with Crippen LogP contribution in [0, 0.1) is 0 Å². The van der Waals surface area contributed by atoms with E-state index >= 15 is 0 Å². The first-order chi connectivity index (χ1) is 16.5. The SMILES string of the molecule is CCO[C@H](CC/C=C/C(=O)NO)[C@H](OC(=O)Nc1ccc(Br)cc1)c1ccc(OCCO)cc1. The number of carbonyl (C=O) groups is 2. The van der Waals surface area contributed by atoms with Gasteiger partial charge in [0.15, 0.2) is 6.10 Å². The summed E-state index contributed by atoms with van der Waals surface area (Å²) in [6, 6.07) is 14.1. The van der Waals surface area contributed by atoms with Crippen molar-refractivity contribution in [3.8, 4) is 5.75 Å². The van der Waals surface area contributed by atoms with Crippen molar-refractivity contribution in [2.45, 2.75) is 32.0 Å². The molecule has 0 aliphatic carbocycles. The highest BCUT2D eigenvalue weighted by atomic mass is 79.9. The van der Waals surface area contributed by atoms with Gasteiger partial charge in [0.25, 0.3) is 5.91 Å². The largest absolute Gasteiger partial charge is 0.491 e. The smallest absolute Gasteiger partial charge is 0.412 e. The predicted molar refractivity (Wildman–Crippen MR) is 130 cm³/mol. The van der Waals surface area contributed by atoms with Crippen molar-refractivity contribution >= 4 is 33.6 Å². The Balaban J connectivity index is 2.20. The lowest BCUT2D eigenvalue weighted by atomic mass is 10.00. The van der Waals surface area contributed by atoms with Crippen molar-refractivity contribution in [2.24, 2.45) is 0 Å². The van der Waals surface area contributed by atoms with Crippen molar-refractivity contribution in [2.75, 3.05) is 25.1 Å². The zero-order valence-electron chi connectivity index (χ0n) is 18.8. The lowest BCUT2D eigenvalue weighted by Gasteiger charge is -2.27. The van der Waals surface area contributed by atoms with E-state index in [0.29, 0.717) is 36.4 Å². The topological polar surface area (TPSA) is 126 Å². The van der Waals surface area contributed by atoms with Crippen LogP contribution in [0.5, 0.6) is 5.75 Å².